The molecule has 0 atom stereocenters. The molecule has 0 aromatic carbocycles. The van der Waals surface area contributed by atoms with Gasteiger partial charge in [-0.05, 0) is 49.9 Å². The molecule has 0 unspecified atom stereocenters. The fraction of sp³-hybridized carbons (Fsp3) is 0.423. The first-order valence-corrected chi connectivity index (χ1v) is 13.5. The Bertz CT molecular complexity index is 1330. The van der Waals surface area contributed by atoms with Crippen molar-refractivity contribution in [2.45, 2.75) is 48.8 Å². The maximum atomic E-state index is 13.2. The molecule has 12 heteroatoms. The minimum Gasteiger partial charge on any atom is -0.475 e. The summed E-state index contributed by atoms with van der Waals surface area (Å²) in [5, 5.41) is 20.3. The molecule has 1 aliphatic heterocycles. The molecule has 4 N–H and O–H groups in total. The molecule has 1 fully saturated rings. The van der Waals surface area contributed by atoms with Crippen LogP contribution in [0.2, 0.25) is 0 Å². The smallest absolute Gasteiger partial charge is 0.256 e. The van der Waals surface area contributed by atoms with Crippen LogP contribution in [0.25, 0.3) is 11.0 Å². The summed E-state index contributed by atoms with van der Waals surface area (Å²) < 4.78 is 10.6. The maximum Gasteiger partial charge on any atom is 0.256 e. The van der Waals surface area contributed by atoms with Crippen molar-refractivity contribution in [3.63, 3.8) is 0 Å². The fourth-order valence-electron chi connectivity index (χ4n) is 4.53. The molecule has 0 bridgehead atoms. The van der Waals surface area contributed by atoms with Crippen LogP contribution in [0.5, 0.6) is 5.88 Å². The van der Waals surface area contributed by atoms with Gasteiger partial charge in [-0.2, -0.15) is 0 Å². The third-order valence-corrected chi connectivity index (χ3v) is 7.73. The maximum absolute atomic E-state index is 13.2. The second-order valence-corrected chi connectivity index (χ2v) is 10.4. The molecule has 2 aliphatic rings. The minimum atomic E-state index is -1.48. The quantitative estimate of drug-likeness (QED) is 0.300. The van der Waals surface area contributed by atoms with E-state index in [1.54, 1.807) is 31.5 Å². The van der Waals surface area contributed by atoms with E-state index in [9.17, 15) is 14.7 Å². The summed E-state index contributed by atoms with van der Waals surface area (Å²) in [5.74, 6) is 0.908. The number of rotatable bonds is 9. The van der Waals surface area contributed by atoms with Gasteiger partial charge in [-0.1, -0.05) is 0 Å². The van der Waals surface area contributed by atoms with Crippen molar-refractivity contribution in [3.8, 4) is 5.88 Å². The van der Waals surface area contributed by atoms with E-state index in [0.29, 0.717) is 79.6 Å². The van der Waals surface area contributed by atoms with Crippen LogP contribution < -0.4 is 20.7 Å². The van der Waals surface area contributed by atoms with Crippen molar-refractivity contribution in [2.24, 2.45) is 0 Å². The van der Waals surface area contributed by atoms with Gasteiger partial charge in [-0.3, -0.25) is 14.6 Å². The lowest BCUT2D eigenvalue weighted by atomic mass is 9.81. The summed E-state index contributed by atoms with van der Waals surface area (Å²) in [4.78, 5) is 39.1. The molecule has 5 rings (SSSR count). The van der Waals surface area contributed by atoms with E-state index in [-0.39, 0.29) is 11.9 Å². The SMILES string of the molecule is COCCOc1ccc2nccc(NC(=O)[C@]3(O)CC[C@@H](NCc4ccc5c(n4)NC(=O)CS5)CC3)c2n1. The van der Waals surface area contributed by atoms with Crippen LogP contribution in [0.4, 0.5) is 11.5 Å². The zero-order valence-electron chi connectivity index (χ0n) is 21.0. The Balaban J connectivity index is 1.17. The van der Waals surface area contributed by atoms with Gasteiger partial charge in [0.2, 0.25) is 11.8 Å². The summed E-state index contributed by atoms with van der Waals surface area (Å²) in [6.45, 7) is 1.32. The molecule has 4 heterocycles. The van der Waals surface area contributed by atoms with Crippen LogP contribution >= 0.6 is 11.8 Å². The molecule has 3 aromatic heterocycles. The number of carbonyl (C=O) groups excluding carboxylic acids is 2. The summed E-state index contributed by atoms with van der Waals surface area (Å²) >= 11 is 1.48. The number of fused-ring (bicyclic) bond motifs is 2. The molecular weight excluding hydrogens is 508 g/mol. The van der Waals surface area contributed by atoms with Gasteiger partial charge in [0.25, 0.3) is 5.91 Å². The Hall–Kier alpha value is -3.32. The van der Waals surface area contributed by atoms with Crippen molar-refractivity contribution < 1.29 is 24.2 Å². The first-order valence-electron chi connectivity index (χ1n) is 12.5. The molecule has 2 amide bonds. The third kappa shape index (κ3) is 6.04. The Kier molecular flexibility index (Phi) is 8.03. The second-order valence-electron chi connectivity index (χ2n) is 9.34. The number of carbonyl (C=O) groups is 2. The highest BCUT2D eigenvalue weighted by Gasteiger charge is 2.40. The topological polar surface area (TPSA) is 148 Å². The Morgan fingerprint density at radius 3 is 2.84 bits per heavy atom. The second kappa shape index (κ2) is 11.6. The number of methoxy groups -OCH3 is 1. The number of nitrogens with one attached hydrogen (secondary N) is 3. The van der Waals surface area contributed by atoms with Gasteiger partial charge in [-0.15, -0.1) is 11.8 Å². The molecule has 200 valence electrons. The van der Waals surface area contributed by atoms with Crippen LogP contribution in [-0.2, 0) is 20.9 Å². The number of aromatic nitrogens is 3. The number of anilines is 2. The normalized spacial score (nSPS) is 21.0. The monoisotopic (exact) mass is 538 g/mol. The van der Waals surface area contributed by atoms with Gasteiger partial charge in [-0.25, -0.2) is 9.97 Å². The van der Waals surface area contributed by atoms with E-state index in [4.69, 9.17) is 9.47 Å². The zero-order chi connectivity index (χ0) is 26.5. The number of hydrogen-bond donors (Lipinski definition) is 4. The van der Waals surface area contributed by atoms with Gasteiger partial charge in [0.1, 0.15) is 23.5 Å². The average Bonchev–Trinajstić information content (AvgIpc) is 2.93. The first kappa shape index (κ1) is 26.3. The Morgan fingerprint density at radius 2 is 2.03 bits per heavy atom. The largest absolute Gasteiger partial charge is 0.475 e. The lowest BCUT2D eigenvalue weighted by Gasteiger charge is -2.35. The highest BCUT2D eigenvalue weighted by atomic mass is 32.2. The van der Waals surface area contributed by atoms with Crippen LogP contribution in [0.3, 0.4) is 0 Å². The van der Waals surface area contributed by atoms with Crippen LogP contribution in [0.1, 0.15) is 31.4 Å². The third-order valence-electron chi connectivity index (χ3n) is 6.68. The summed E-state index contributed by atoms with van der Waals surface area (Å²) in [6, 6.07) is 9.21. The van der Waals surface area contributed by atoms with Crippen molar-refractivity contribution in [3.05, 3.63) is 42.2 Å². The molecule has 38 heavy (non-hydrogen) atoms. The Labute approximate surface area is 224 Å². The van der Waals surface area contributed by atoms with Gasteiger partial charge >= 0.3 is 0 Å². The molecule has 0 saturated heterocycles. The van der Waals surface area contributed by atoms with Crippen molar-refractivity contribution in [1.29, 1.82) is 0 Å². The number of aliphatic hydroxyl groups is 1. The van der Waals surface area contributed by atoms with Crippen molar-refractivity contribution in [2.75, 3.05) is 36.7 Å². The van der Waals surface area contributed by atoms with Crippen LogP contribution in [0, 0.1) is 0 Å². The lowest BCUT2D eigenvalue weighted by molar-refractivity contribution is -0.137. The number of amides is 2. The lowest BCUT2D eigenvalue weighted by Crippen LogP contribution is -2.48. The predicted molar refractivity (Wildman–Crippen MR) is 143 cm³/mol. The molecule has 3 aromatic rings. The summed E-state index contributed by atoms with van der Waals surface area (Å²) in [7, 11) is 1.59. The fourth-order valence-corrected chi connectivity index (χ4v) is 5.29. The number of thioether (sulfide) groups is 1. The summed E-state index contributed by atoms with van der Waals surface area (Å²) in [6.07, 6.45) is 3.50. The Morgan fingerprint density at radius 1 is 1.18 bits per heavy atom. The molecular formula is C26H30N6O5S. The van der Waals surface area contributed by atoms with Crippen molar-refractivity contribution >= 4 is 46.1 Å². The van der Waals surface area contributed by atoms with E-state index in [1.165, 1.54) is 11.8 Å². The number of pyridine rings is 3. The zero-order valence-corrected chi connectivity index (χ0v) is 21.8. The standard InChI is InChI=1S/C26H30N6O5S/c1-36-12-13-37-22-5-3-18-23(32-22)19(8-11-27-18)30-25(34)26(35)9-6-16(7-10-26)28-14-17-2-4-20-24(29-17)31-21(33)15-38-20/h2-5,8,11,16,28,35H,6-7,9-10,12-15H2,1H3,(H,27,30,34)(H,29,31,33)/t16-,26+. The predicted octanol–water partition coefficient (Wildman–Crippen LogP) is 2.50. The van der Waals surface area contributed by atoms with Gasteiger partial charge in [0.15, 0.2) is 0 Å². The van der Waals surface area contributed by atoms with E-state index < -0.39 is 11.5 Å². The van der Waals surface area contributed by atoms with E-state index in [1.807, 2.05) is 12.1 Å². The van der Waals surface area contributed by atoms with Crippen molar-refractivity contribution in [1.82, 2.24) is 20.3 Å². The van der Waals surface area contributed by atoms with Gasteiger partial charge in [0.05, 0.1) is 34.2 Å². The molecule has 0 radical (unpaired) electrons. The van der Waals surface area contributed by atoms with Gasteiger partial charge < -0.3 is 30.5 Å². The molecule has 11 nitrogen and oxygen atoms in total. The number of nitrogens with zero attached hydrogens (tertiary/aromatic N) is 3. The molecule has 0 spiro atoms. The highest BCUT2D eigenvalue weighted by Crippen LogP contribution is 2.32. The number of hydrogen-bond acceptors (Lipinski definition) is 10. The average molecular weight is 539 g/mol. The first-order chi connectivity index (χ1) is 18.4. The van der Waals surface area contributed by atoms with Crippen LogP contribution in [0.15, 0.2) is 41.4 Å². The molecule has 1 saturated carbocycles. The minimum absolute atomic E-state index is 0.0451. The number of ether oxygens (including phenoxy) is 2. The highest BCUT2D eigenvalue weighted by molar-refractivity contribution is 8.00. The van der Waals surface area contributed by atoms with Crippen LogP contribution in [-0.4, -0.2) is 69.6 Å². The summed E-state index contributed by atoms with van der Waals surface area (Å²) in [5.41, 5.74) is 0.909. The van der Waals surface area contributed by atoms with E-state index in [0.717, 1.165) is 10.6 Å². The van der Waals surface area contributed by atoms with E-state index >= 15 is 0 Å². The molecule has 1 aliphatic carbocycles. The van der Waals surface area contributed by atoms with Gasteiger partial charge in [0, 0.05) is 32.0 Å². The van der Waals surface area contributed by atoms with E-state index in [2.05, 4.69) is 30.9 Å².